The molecule has 1 aromatic carbocycles. The fraction of sp³-hybridized carbons (Fsp3) is 0.111. The lowest BCUT2D eigenvalue weighted by molar-refractivity contribution is -0.384. The van der Waals surface area contributed by atoms with E-state index in [-0.39, 0.29) is 5.69 Å². The summed E-state index contributed by atoms with van der Waals surface area (Å²) in [5.41, 5.74) is -1.85. The van der Waals surface area contributed by atoms with E-state index in [1.807, 2.05) is 0 Å². The van der Waals surface area contributed by atoms with Crippen LogP contribution in [-0.4, -0.2) is 19.7 Å². The van der Waals surface area contributed by atoms with E-state index in [4.69, 9.17) is 0 Å². The fourth-order valence-electron chi connectivity index (χ4n) is 1.37. The molecule has 0 unspecified atom stereocenters. The molecule has 94 valence electrons. The number of halogens is 3. The molecule has 0 saturated heterocycles. The topological polar surface area (TPSA) is 73.8 Å². The standard InChI is InChI=1S/C9H5F3N4O2/c10-9(11,12)6-1-2-7(8(3-6)16(17)18)15-5-13-4-14-15/h1-5H. The van der Waals surface area contributed by atoms with Gasteiger partial charge in [0.25, 0.3) is 5.69 Å². The Morgan fingerprint density at radius 3 is 2.56 bits per heavy atom. The Kier molecular flexibility index (Phi) is 2.73. The van der Waals surface area contributed by atoms with Crippen molar-refractivity contribution >= 4 is 5.69 Å². The largest absolute Gasteiger partial charge is 0.416 e. The second-order valence-electron chi connectivity index (χ2n) is 3.30. The first-order valence-electron chi connectivity index (χ1n) is 4.60. The van der Waals surface area contributed by atoms with Crippen molar-refractivity contribution in [1.82, 2.24) is 14.8 Å². The molecule has 2 aromatic rings. The van der Waals surface area contributed by atoms with Crippen LogP contribution < -0.4 is 0 Å². The van der Waals surface area contributed by atoms with Gasteiger partial charge in [-0.25, -0.2) is 9.67 Å². The predicted octanol–water partition coefficient (Wildman–Crippen LogP) is 2.19. The fourth-order valence-corrected chi connectivity index (χ4v) is 1.37. The molecule has 1 heterocycles. The van der Waals surface area contributed by atoms with Gasteiger partial charge >= 0.3 is 6.18 Å². The maximum atomic E-state index is 12.4. The third-order valence-corrected chi connectivity index (χ3v) is 2.17. The summed E-state index contributed by atoms with van der Waals surface area (Å²) in [6.45, 7) is 0. The monoisotopic (exact) mass is 258 g/mol. The van der Waals surface area contributed by atoms with Gasteiger partial charge < -0.3 is 0 Å². The minimum Gasteiger partial charge on any atom is -0.258 e. The van der Waals surface area contributed by atoms with Crippen LogP contribution in [0.15, 0.2) is 30.9 Å². The number of nitro groups is 1. The molecule has 0 saturated carbocycles. The molecule has 0 radical (unpaired) electrons. The van der Waals surface area contributed by atoms with E-state index in [1.165, 1.54) is 0 Å². The van der Waals surface area contributed by atoms with Crippen LogP contribution in [0.25, 0.3) is 5.69 Å². The van der Waals surface area contributed by atoms with Crippen LogP contribution in [-0.2, 0) is 6.18 Å². The molecule has 0 aliphatic carbocycles. The van der Waals surface area contributed by atoms with Gasteiger partial charge in [-0.15, -0.1) is 0 Å². The number of nitro benzene ring substituents is 1. The van der Waals surface area contributed by atoms with Crippen LogP contribution in [0.1, 0.15) is 5.56 Å². The van der Waals surface area contributed by atoms with Crippen LogP contribution in [0.4, 0.5) is 18.9 Å². The van der Waals surface area contributed by atoms with Crippen molar-refractivity contribution in [3.05, 3.63) is 46.5 Å². The number of aromatic nitrogens is 3. The van der Waals surface area contributed by atoms with E-state index < -0.39 is 22.4 Å². The lowest BCUT2D eigenvalue weighted by atomic mass is 10.1. The molecule has 0 aliphatic rings. The van der Waals surface area contributed by atoms with E-state index in [0.29, 0.717) is 6.07 Å². The average molecular weight is 258 g/mol. The molecule has 6 nitrogen and oxygen atoms in total. The Morgan fingerprint density at radius 2 is 2.06 bits per heavy atom. The summed E-state index contributed by atoms with van der Waals surface area (Å²) in [7, 11) is 0. The van der Waals surface area contributed by atoms with Gasteiger partial charge in [-0.2, -0.15) is 18.3 Å². The third kappa shape index (κ3) is 2.14. The molecule has 1 aromatic heterocycles. The minimum absolute atomic E-state index is 0.0782. The van der Waals surface area contributed by atoms with E-state index in [0.717, 1.165) is 29.5 Å². The van der Waals surface area contributed by atoms with Crippen molar-refractivity contribution in [2.45, 2.75) is 6.18 Å². The van der Waals surface area contributed by atoms with Gasteiger partial charge in [0, 0.05) is 6.07 Å². The predicted molar refractivity (Wildman–Crippen MR) is 53.0 cm³/mol. The van der Waals surface area contributed by atoms with Crippen molar-refractivity contribution < 1.29 is 18.1 Å². The molecular formula is C9H5F3N4O2. The normalized spacial score (nSPS) is 11.5. The van der Waals surface area contributed by atoms with E-state index in [9.17, 15) is 23.3 Å². The molecular weight excluding hydrogens is 253 g/mol. The maximum absolute atomic E-state index is 12.4. The van der Waals surface area contributed by atoms with E-state index >= 15 is 0 Å². The summed E-state index contributed by atoms with van der Waals surface area (Å²) in [5, 5.41) is 14.4. The van der Waals surface area contributed by atoms with Gasteiger partial charge in [-0.3, -0.25) is 10.1 Å². The molecule has 0 amide bonds. The van der Waals surface area contributed by atoms with Crippen molar-refractivity contribution in [3.63, 3.8) is 0 Å². The highest BCUT2D eigenvalue weighted by Gasteiger charge is 2.33. The summed E-state index contributed by atoms with van der Waals surface area (Å²) < 4.78 is 38.4. The van der Waals surface area contributed by atoms with Crippen molar-refractivity contribution in [1.29, 1.82) is 0 Å². The summed E-state index contributed by atoms with van der Waals surface area (Å²) in [6.07, 6.45) is -2.34. The van der Waals surface area contributed by atoms with Crippen LogP contribution in [0, 0.1) is 10.1 Å². The summed E-state index contributed by atoms with van der Waals surface area (Å²) in [4.78, 5) is 13.5. The Labute approximate surface area is 97.8 Å². The van der Waals surface area contributed by atoms with E-state index in [2.05, 4.69) is 10.1 Å². The Bertz CT molecular complexity index is 580. The zero-order chi connectivity index (χ0) is 13.3. The zero-order valence-corrected chi connectivity index (χ0v) is 8.63. The van der Waals surface area contributed by atoms with Crippen molar-refractivity contribution in [3.8, 4) is 5.69 Å². The molecule has 18 heavy (non-hydrogen) atoms. The zero-order valence-electron chi connectivity index (χ0n) is 8.63. The van der Waals surface area contributed by atoms with Gasteiger partial charge in [0.15, 0.2) is 0 Å². The second-order valence-corrected chi connectivity index (χ2v) is 3.30. The van der Waals surface area contributed by atoms with Gasteiger partial charge in [-0.1, -0.05) is 0 Å². The van der Waals surface area contributed by atoms with Crippen LogP contribution in [0.3, 0.4) is 0 Å². The Hall–Kier alpha value is -2.45. The molecule has 0 atom stereocenters. The lowest BCUT2D eigenvalue weighted by Gasteiger charge is -2.08. The van der Waals surface area contributed by atoms with Gasteiger partial charge in [0.05, 0.1) is 10.5 Å². The first-order chi connectivity index (χ1) is 8.39. The molecule has 0 fully saturated rings. The quantitative estimate of drug-likeness (QED) is 0.611. The lowest BCUT2D eigenvalue weighted by Crippen LogP contribution is -2.08. The number of nitrogens with zero attached hydrogens (tertiary/aromatic N) is 4. The second kappa shape index (κ2) is 4.09. The van der Waals surface area contributed by atoms with Gasteiger partial charge in [-0.05, 0) is 12.1 Å². The number of benzene rings is 1. The SMILES string of the molecule is O=[N+]([O-])c1cc(C(F)(F)F)ccc1-n1cncn1. The highest BCUT2D eigenvalue weighted by Crippen LogP contribution is 2.33. The van der Waals surface area contributed by atoms with Crippen LogP contribution >= 0.6 is 0 Å². The third-order valence-electron chi connectivity index (χ3n) is 2.17. The number of rotatable bonds is 2. The molecule has 0 bridgehead atoms. The Morgan fingerprint density at radius 1 is 1.33 bits per heavy atom. The van der Waals surface area contributed by atoms with Crippen molar-refractivity contribution in [2.24, 2.45) is 0 Å². The molecule has 0 spiro atoms. The number of alkyl halides is 3. The van der Waals surface area contributed by atoms with Crippen LogP contribution in [0.5, 0.6) is 0 Å². The minimum atomic E-state index is -4.63. The van der Waals surface area contributed by atoms with Crippen LogP contribution in [0.2, 0.25) is 0 Å². The Balaban J connectivity index is 2.59. The smallest absolute Gasteiger partial charge is 0.258 e. The van der Waals surface area contributed by atoms with E-state index in [1.54, 1.807) is 0 Å². The molecule has 0 N–H and O–H groups in total. The first-order valence-corrected chi connectivity index (χ1v) is 4.60. The summed E-state index contributed by atoms with van der Waals surface area (Å²) in [5.74, 6) is 0. The first kappa shape index (κ1) is 12.0. The van der Waals surface area contributed by atoms with Gasteiger partial charge in [0.2, 0.25) is 0 Å². The number of hydrogen-bond acceptors (Lipinski definition) is 4. The maximum Gasteiger partial charge on any atom is 0.416 e. The highest BCUT2D eigenvalue weighted by atomic mass is 19.4. The van der Waals surface area contributed by atoms with Gasteiger partial charge in [0.1, 0.15) is 18.3 Å². The van der Waals surface area contributed by atoms with Crippen molar-refractivity contribution in [2.75, 3.05) is 0 Å². The summed E-state index contributed by atoms with van der Waals surface area (Å²) in [6, 6.07) is 2.21. The number of hydrogen-bond donors (Lipinski definition) is 0. The molecule has 0 aliphatic heterocycles. The molecule has 2 rings (SSSR count). The summed E-state index contributed by atoms with van der Waals surface area (Å²) >= 11 is 0. The highest BCUT2D eigenvalue weighted by molar-refractivity contribution is 5.54. The average Bonchev–Trinajstić information content (AvgIpc) is 2.80. The molecule has 9 heteroatoms.